The maximum atomic E-state index is 11.8. The smallest absolute Gasteiger partial charge is 0.255 e. The van der Waals surface area contributed by atoms with Gasteiger partial charge in [0.1, 0.15) is 5.75 Å². The van der Waals surface area contributed by atoms with E-state index in [1.54, 1.807) is 18.2 Å². The first-order valence-corrected chi connectivity index (χ1v) is 5.26. The van der Waals surface area contributed by atoms with Crippen LogP contribution < -0.4 is 5.32 Å². The summed E-state index contributed by atoms with van der Waals surface area (Å²) in [4.78, 5) is 11.8. The number of hydrogen-bond acceptors (Lipinski definition) is 2. The highest BCUT2D eigenvalue weighted by atomic mass is 16.3. The van der Waals surface area contributed by atoms with Crippen LogP contribution in [0.4, 0.5) is 0 Å². The van der Waals surface area contributed by atoms with Gasteiger partial charge >= 0.3 is 0 Å². The molecule has 0 radical (unpaired) electrons. The minimum Gasteiger partial charge on any atom is -0.507 e. The van der Waals surface area contributed by atoms with Crippen LogP contribution in [0, 0.1) is 6.92 Å². The summed E-state index contributed by atoms with van der Waals surface area (Å²) in [6, 6.07) is 4.98. The van der Waals surface area contributed by atoms with Crippen LogP contribution in [0.5, 0.6) is 5.75 Å². The van der Waals surface area contributed by atoms with Gasteiger partial charge < -0.3 is 10.4 Å². The fraction of sp³-hybridized carbons (Fsp3) is 0.308. The number of phenols is 1. The SMILES string of the molecule is C=CCC(C)NC(=O)c1cc(C)ccc1O. The second-order valence-corrected chi connectivity index (χ2v) is 3.92. The fourth-order valence-electron chi connectivity index (χ4n) is 1.44. The molecule has 0 spiro atoms. The number of nitrogens with one attached hydrogen (secondary N) is 1. The van der Waals surface area contributed by atoms with Crippen molar-refractivity contribution in [1.82, 2.24) is 5.32 Å². The topological polar surface area (TPSA) is 49.3 Å². The Kier molecular flexibility index (Phi) is 4.11. The molecule has 86 valence electrons. The maximum Gasteiger partial charge on any atom is 0.255 e. The van der Waals surface area contributed by atoms with Crippen molar-refractivity contribution in [1.29, 1.82) is 0 Å². The molecular weight excluding hydrogens is 202 g/mol. The number of benzene rings is 1. The van der Waals surface area contributed by atoms with Crippen molar-refractivity contribution in [3.05, 3.63) is 42.0 Å². The zero-order valence-corrected chi connectivity index (χ0v) is 9.66. The van der Waals surface area contributed by atoms with Crippen LogP contribution in [-0.4, -0.2) is 17.1 Å². The van der Waals surface area contributed by atoms with E-state index in [4.69, 9.17) is 0 Å². The first kappa shape index (κ1) is 12.3. The average Bonchev–Trinajstić information content (AvgIpc) is 2.21. The minimum absolute atomic E-state index is 0.00824. The molecule has 1 amide bonds. The molecule has 1 aromatic rings. The average molecular weight is 219 g/mol. The second-order valence-electron chi connectivity index (χ2n) is 3.92. The van der Waals surface area contributed by atoms with Gasteiger partial charge in [0.2, 0.25) is 0 Å². The zero-order chi connectivity index (χ0) is 12.1. The molecule has 1 unspecified atom stereocenters. The predicted octanol–water partition coefficient (Wildman–Crippen LogP) is 2.40. The first-order valence-electron chi connectivity index (χ1n) is 5.26. The molecule has 3 heteroatoms. The van der Waals surface area contributed by atoms with E-state index in [0.717, 1.165) is 5.56 Å². The van der Waals surface area contributed by atoms with Gasteiger partial charge in [0.15, 0.2) is 0 Å². The Morgan fingerprint density at radius 1 is 1.62 bits per heavy atom. The number of phenolic OH excluding ortho intramolecular Hbond substituents is 1. The standard InChI is InChI=1S/C13H17NO2/c1-4-5-10(3)14-13(16)11-8-9(2)6-7-12(11)15/h4,6-8,10,15H,1,5H2,2-3H3,(H,14,16). The maximum absolute atomic E-state index is 11.8. The third-order valence-electron chi connectivity index (χ3n) is 2.29. The Hall–Kier alpha value is -1.77. The third kappa shape index (κ3) is 3.12. The number of aromatic hydroxyl groups is 1. The van der Waals surface area contributed by atoms with Crippen molar-refractivity contribution in [3.8, 4) is 5.75 Å². The van der Waals surface area contributed by atoms with E-state index in [1.807, 2.05) is 13.8 Å². The Balaban J connectivity index is 2.80. The Labute approximate surface area is 95.8 Å². The normalized spacial score (nSPS) is 11.9. The van der Waals surface area contributed by atoms with Gasteiger partial charge in [-0.15, -0.1) is 6.58 Å². The van der Waals surface area contributed by atoms with Gasteiger partial charge in [-0.3, -0.25) is 4.79 Å². The highest BCUT2D eigenvalue weighted by molar-refractivity contribution is 5.97. The monoisotopic (exact) mass is 219 g/mol. The van der Waals surface area contributed by atoms with Crippen molar-refractivity contribution >= 4 is 5.91 Å². The highest BCUT2D eigenvalue weighted by Gasteiger charge is 2.12. The number of hydrogen-bond donors (Lipinski definition) is 2. The third-order valence-corrected chi connectivity index (χ3v) is 2.29. The van der Waals surface area contributed by atoms with Gasteiger partial charge in [-0.1, -0.05) is 17.7 Å². The molecule has 0 aromatic heterocycles. The fourth-order valence-corrected chi connectivity index (χ4v) is 1.44. The molecule has 1 atom stereocenters. The van der Waals surface area contributed by atoms with Crippen LogP contribution in [0.1, 0.15) is 29.3 Å². The highest BCUT2D eigenvalue weighted by Crippen LogP contribution is 2.18. The van der Waals surface area contributed by atoms with Crippen LogP contribution >= 0.6 is 0 Å². The van der Waals surface area contributed by atoms with E-state index in [-0.39, 0.29) is 17.7 Å². The van der Waals surface area contributed by atoms with E-state index < -0.39 is 0 Å². The summed E-state index contributed by atoms with van der Waals surface area (Å²) in [5, 5.41) is 12.4. The van der Waals surface area contributed by atoms with Gasteiger partial charge in [0, 0.05) is 6.04 Å². The van der Waals surface area contributed by atoms with Crippen LogP contribution in [0.25, 0.3) is 0 Å². The molecular formula is C13H17NO2. The lowest BCUT2D eigenvalue weighted by Gasteiger charge is -2.12. The summed E-state index contributed by atoms with van der Waals surface area (Å²) in [7, 11) is 0. The molecule has 0 aliphatic carbocycles. The van der Waals surface area contributed by atoms with E-state index in [2.05, 4.69) is 11.9 Å². The van der Waals surface area contributed by atoms with Crippen LogP contribution in [0.3, 0.4) is 0 Å². The molecule has 0 fully saturated rings. The van der Waals surface area contributed by atoms with E-state index in [0.29, 0.717) is 12.0 Å². The molecule has 0 aliphatic rings. The van der Waals surface area contributed by atoms with E-state index in [9.17, 15) is 9.90 Å². The van der Waals surface area contributed by atoms with Gasteiger partial charge in [0.05, 0.1) is 5.56 Å². The van der Waals surface area contributed by atoms with Crippen LogP contribution in [-0.2, 0) is 0 Å². The lowest BCUT2D eigenvalue weighted by Crippen LogP contribution is -2.32. The van der Waals surface area contributed by atoms with Crippen molar-refractivity contribution in [2.75, 3.05) is 0 Å². The van der Waals surface area contributed by atoms with Crippen molar-refractivity contribution in [3.63, 3.8) is 0 Å². The predicted molar refractivity (Wildman–Crippen MR) is 64.6 cm³/mol. The quantitative estimate of drug-likeness (QED) is 0.764. The number of aryl methyl sites for hydroxylation is 1. The van der Waals surface area contributed by atoms with Crippen molar-refractivity contribution in [2.24, 2.45) is 0 Å². The number of amides is 1. The Morgan fingerprint density at radius 3 is 2.94 bits per heavy atom. The molecule has 1 rings (SSSR count). The van der Waals surface area contributed by atoms with Gasteiger partial charge in [0.25, 0.3) is 5.91 Å². The lowest BCUT2D eigenvalue weighted by molar-refractivity contribution is 0.0938. The van der Waals surface area contributed by atoms with Crippen LogP contribution in [0.15, 0.2) is 30.9 Å². The molecule has 0 saturated carbocycles. The summed E-state index contributed by atoms with van der Waals surface area (Å²) >= 11 is 0. The number of carbonyl (C=O) groups is 1. The van der Waals surface area contributed by atoms with Crippen molar-refractivity contribution < 1.29 is 9.90 Å². The summed E-state index contributed by atoms with van der Waals surface area (Å²) in [5.41, 5.74) is 1.26. The summed E-state index contributed by atoms with van der Waals surface area (Å²) in [6.07, 6.45) is 2.46. The van der Waals surface area contributed by atoms with Gasteiger partial charge in [-0.05, 0) is 32.4 Å². The second kappa shape index (κ2) is 5.35. The Morgan fingerprint density at radius 2 is 2.31 bits per heavy atom. The number of carbonyl (C=O) groups excluding carboxylic acids is 1. The largest absolute Gasteiger partial charge is 0.507 e. The number of rotatable bonds is 4. The molecule has 2 N–H and O–H groups in total. The summed E-state index contributed by atoms with van der Waals surface area (Å²) in [6.45, 7) is 7.39. The Bertz CT molecular complexity index is 399. The van der Waals surface area contributed by atoms with E-state index in [1.165, 1.54) is 6.07 Å². The molecule has 0 aliphatic heterocycles. The zero-order valence-electron chi connectivity index (χ0n) is 9.66. The van der Waals surface area contributed by atoms with Crippen molar-refractivity contribution in [2.45, 2.75) is 26.3 Å². The summed E-state index contributed by atoms with van der Waals surface area (Å²) < 4.78 is 0. The van der Waals surface area contributed by atoms with Gasteiger partial charge in [-0.2, -0.15) is 0 Å². The lowest BCUT2D eigenvalue weighted by atomic mass is 10.1. The first-order chi connectivity index (χ1) is 7.54. The minimum atomic E-state index is -0.254. The molecule has 16 heavy (non-hydrogen) atoms. The molecule has 0 bridgehead atoms. The van der Waals surface area contributed by atoms with E-state index >= 15 is 0 Å². The van der Waals surface area contributed by atoms with Gasteiger partial charge in [-0.25, -0.2) is 0 Å². The molecule has 0 heterocycles. The molecule has 1 aromatic carbocycles. The van der Waals surface area contributed by atoms with Crippen LogP contribution in [0.2, 0.25) is 0 Å². The summed E-state index contributed by atoms with van der Waals surface area (Å²) in [5.74, 6) is -0.246. The molecule has 3 nitrogen and oxygen atoms in total. The molecule has 0 saturated heterocycles.